The number of carbonyl (C=O) groups is 1. The number of carbonyl (C=O) groups excluding carboxylic acids is 1. The predicted octanol–water partition coefficient (Wildman–Crippen LogP) is 2.82. The Labute approximate surface area is 170 Å². The fourth-order valence-electron chi connectivity index (χ4n) is 4.58. The second-order valence-electron chi connectivity index (χ2n) is 7.56. The average molecular weight is 400 g/mol. The van der Waals surface area contributed by atoms with E-state index in [4.69, 9.17) is 14.2 Å². The van der Waals surface area contributed by atoms with Crippen molar-refractivity contribution in [3.8, 4) is 22.9 Å². The van der Waals surface area contributed by atoms with E-state index in [-0.39, 0.29) is 18.0 Å². The van der Waals surface area contributed by atoms with Gasteiger partial charge in [0.2, 0.25) is 5.91 Å². The number of hydrogen-bond donors (Lipinski definition) is 0. The van der Waals surface area contributed by atoms with Gasteiger partial charge < -0.3 is 23.7 Å². The van der Waals surface area contributed by atoms with Crippen LogP contribution in [0.1, 0.15) is 44.0 Å². The molecule has 2 heterocycles. The Bertz CT molecular complexity index is 882. The van der Waals surface area contributed by atoms with E-state index in [1.807, 2.05) is 23.1 Å². The lowest BCUT2D eigenvalue weighted by Gasteiger charge is -2.44. The standard InChI is InChI=1S/C21H28N4O4/c1-27-11-10-20(26)24-13-19-22-23-21(25(19)16-7-5-4-6-15(16)24)14-8-9-17(28-2)18(12-14)29-3/h8-9,12,15-16H,4-7,10-11,13H2,1-3H3/t15-,16+/m0/s1. The molecule has 0 saturated heterocycles. The van der Waals surface area contributed by atoms with Gasteiger partial charge in [-0.2, -0.15) is 0 Å². The van der Waals surface area contributed by atoms with Crippen LogP contribution < -0.4 is 9.47 Å². The van der Waals surface area contributed by atoms with Crippen molar-refractivity contribution in [3.63, 3.8) is 0 Å². The molecule has 2 atom stereocenters. The van der Waals surface area contributed by atoms with Gasteiger partial charge in [-0.1, -0.05) is 12.8 Å². The molecule has 1 aromatic heterocycles. The third kappa shape index (κ3) is 3.57. The molecule has 1 fully saturated rings. The Morgan fingerprint density at radius 1 is 1.07 bits per heavy atom. The van der Waals surface area contributed by atoms with Crippen LogP contribution >= 0.6 is 0 Å². The summed E-state index contributed by atoms with van der Waals surface area (Å²) in [6, 6.07) is 6.17. The maximum absolute atomic E-state index is 12.8. The van der Waals surface area contributed by atoms with Gasteiger partial charge in [0.15, 0.2) is 23.1 Å². The van der Waals surface area contributed by atoms with Crippen molar-refractivity contribution in [3.05, 3.63) is 24.0 Å². The lowest BCUT2D eigenvalue weighted by Crippen LogP contribution is -2.50. The molecular formula is C21H28N4O4. The first-order chi connectivity index (χ1) is 14.2. The number of hydrogen-bond acceptors (Lipinski definition) is 6. The van der Waals surface area contributed by atoms with E-state index in [0.29, 0.717) is 31.1 Å². The second-order valence-corrected chi connectivity index (χ2v) is 7.56. The molecule has 8 nitrogen and oxygen atoms in total. The van der Waals surface area contributed by atoms with Crippen LogP contribution in [-0.4, -0.2) is 59.5 Å². The number of aromatic nitrogens is 3. The zero-order valence-corrected chi connectivity index (χ0v) is 17.3. The summed E-state index contributed by atoms with van der Waals surface area (Å²) < 4.78 is 18.2. The van der Waals surface area contributed by atoms with Gasteiger partial charge in [-0.15, -0.1) is 10.2 Å². The number of methoxy groups -OCH3 is 3. The highest BCUT2D eigenvalue weighted by Crippen LogP contribution is 2.41. The summed E-state index contributed by atoms with van der Waals surface area (Å²) in [6.07, 6.45) is 4.70. The van der Waals surface area contributed by atoms with Crippen LogP contribution in [0.4, 0.5) is 0 Å². The highest BCUT2D eigenvalue weighted by atomic mass is 16.5. The molecule has 1 aliphatic carbocycles. The SMILES string of the molecule is COCCC(=O)N1Cc2nnc(-c3ccc(OC)c(OC)c3)n2[C@@H]2CCCC[C@@H]21. The number of nitrogens with zero attached hydrogens (tertiary/aromatic N) is 4. The third-order valence-electron chi connectivity index (χ3n) is 5.99. The Kier molecular flexibility index (Phi) is 5.71. The summed E-state index contributed by atoms with van der Waals surface area (Å²) in [7, 11) is 4.87. The Balaban J connectivity index is 1.71. The highest BCUT2D eigenvalue weighted by Gasteiger charge is 2.41. The maximum atomic E-state index is 12.8. The Hall–Kier alpha value is -2.61. The van der Waals surface area contributed by atoms with E-state index in [1.54, 1.807) is 21.3 Å². The molecular weight excluding hydrogens is 372 g/mol. The smallest absolute Gasteiger partial charge is 0.225 e. The van der Waals surface area contributed by atoms with Gasteiger partial charge in [-0.3, -0.25) is 4.79 Å². The van der Waals surface area contributed by atoms with E-state index < -0.39 is 0 Å². The van der Waals surface area contributed by atoms with Crippen molar-refractivity contribution >= 4 is 5.91 Å². The molecule has 1 aromatic carbocycles. The molecule has 1 saturated carbocycles. The van der Waals surface area contributed by atoms with Crippen LogP contribution in [0.2, 0.25) is 0 Å². The topological polar surface area (TPSA) is 78.7 Å². The summed E-state index contributed by atoms with van der Waals surface area (Å²) in [5.41, 5.74) is 0.935. The molecule has 1 amide bonds. The van der Waals surface area contributed by atoms with Crippen LogP contribution in [0, 0.1) is 0 Å². The van der Waals surface area contributed by atoms with Crippen molar-refractivity contribution in [2.45, 2.75) is 50.7 Å². The van der Waals surface area contributed by atoms with Crippen LogP contribution in [0.25, 0.3) is 11.4 Å². The first kappa shape index (κ1) is 19.7. The van der Waals surface area contributed by atoms with Gasteiger partial charge in [-0.05, 0) is 31.0 Å². The van der Waals surface area contributed by atoms with E-state index >= 15 is 0 Å². The van der Waals surface area contributed by atoms with E-state index in [0.717, 1.165) is 42.9 Å². The molecule has 0 spiro atoms. The minimum absolute atomic E-state index is 0.130. The average Bonchev–Trinajstić information content (AvgIpc) is 3.20. The van der Waals surface area contributed by atoms with Crippen molar-refractivity contribution < 1.29 is 19.0 Å². The normalized spacial score (nSPS) is 20.7. The lowest BCUT2D eigenvalue weighted by molar-refractivity contribution is -0.138. The number of benzene rings is 1. The zero-order chi connectivity index (χ0) is 20.4. The largest absolute Gasteiger partial charge is 0.493 e. The van der Waals surface area contributed by atoms with Gasteiger partial charge in [0.05, 0.1) is 45.9 Å². The van der Waals surface area contributed by atoms with Gasteiger partial charge in [0.25, 0.3) is 0 Å². The van der Waals surface area contributed by atoms with Crippen molar-refractivity contribution in [2.24, 2.45) is 0 Å². The minimum atomic E-state index is 0.130. The number of rotatable bonds is 6. The lowest BCUT2D eigenvalue weighted by atomic mass is 9.87. The molecule has 2 aliphatic rings. The molecule has 0 bridgehead atoms. The van der Waals surface area contributed by atoms with Gasteiger partial charge in [0.1, 0.15) is 0 Å². The Morgan fingerprint density at radius 3 is 2.55 bits per heavy atom. The first-order valence-electron chi connectivity index (χ1n) is 10.1. The molecule has 8 heteroatoms. The van der Waals surface area contributed by atoms with Gasteiger partial charge in [0, 0.05) is 12.7 Å². The molecule has 1 aliphatic heterocycles. The van der Waals surface area contributed by atoms with Gasteiger partial charge in [-0.25, -0.2) is 0 Å². The molecule has 29 heavy (non-hydrogen) atoms. The molecule has 0 N–H and O–H groups in total. The monoisotopic (exact) mass is 400 g/mol. The molecule has 156 valence electrons. The number of amides is 1. The third-order valence-corrected chi connectivity index (χ3v) is 5.99. The quantitative estimate of drug-likeness (QED) is 0.742. The summed E-state index contributed by atoms with van der Waals surface area (Å²) in [6.45, 7) is 0.931. The zero-order valence-electron chi connectivity index (χ0n) is 17.3. The van der Waals surface area contributed by atoms with Crippen molar-refractivity contribution in [1.29, 1.82) is 0 Å². The molecule has 2 aromatic rings. The summed E-state index contributed by atoms with van der Waals surface area (Å²) in [5, 5.41) is 8.95. The van der Waals surface area contributed by atoms with E-state index in [2.05, 4.69) is 14.8 Å². The van der Waals surface area contributed by atoms with Crippen LogP contribution in [0.15, 0.2) is 18.2 Å². The molecule has 0 radical (unpaired) electrons. The summed E-state index contributed by atoms with van der Waals surface area (Å²) in [5.74, 6) is 3.13. The fraction of sp³-hybridized carbons (Fsp3) is 0.571. The number of ether oxygens (including phenoxy) is 3. The number of fused-ring (bicyclic) bond motifs is 3. The van der Waals surface area contributed by atoms with Gasteiger partial charge >= 0.3 is 0 Å². The van der Waals surface area contributed by atoms with E-state index in [9.17, 15) is 4.79 Å². The first-order valence-corrected chi connectivity index (χ1v) is 10.1. The maximum Gasteiger partial charge on any atom is 0.225 e. The predicted molar refractivity (Wildman–Crippen MR) is 107 cm³/mol. The van der Waals surface area contributed by atoms with Crippen molar-refractivity contribution in [2.75, 3.05) is 27.9 Å². The van der Waals surface area contributed by atoms with Crippen LogP contribution in [-0.2, 0) is 16.1 Å². The molecule has 4 rings (SSSR count). The second kappa shape index (κ2) is 8.41. The summed E-state index contributed by atoms with van der Waals surface area (Å²) >= 11 is 0. The van der Waals surface area contributed by atoms with E-state index in [1.165, 1.54) is 0 Å². The molecule has 0 unspecified atom stereocenters. The van der Waals surface area contributed by atoms with Crippen molar-refractivity contribution in [1.82, 2.24) is 19.7 Å². The summed E-state index contributed by atoms with van der Waals surface area (Å²) in [4.78, 5) is 14.8. The minimum Gasteiger partial charge on any atom is -0.493 e. The fourth-order valence-corrected chi connectivity index (χ4v) is 4.58. The van der Waals surface area contributed by atoms with Crippen LogP contribution in [0.3, 0.4) is 0 Å². The highest BCUT2D eigenvalue weighted by molar-refractivity contribution is 5.77. The van der Waals surface area contributed by atoms with Crippen LogP contribution in [0.5, 0.6) is 11.5 Å². The Morgan fingerprint density at radius 2 is 1.83 bits per heavy atom.